The molecule has 3 heterocycles. The van der Waals surface area contributed by atoms with Crippen molar-refractivity contribution in [3.8, 4) is 22.4 Å². The monoisotopic (exact) mass is 590 g/mol. The van der Waals surface area contributed by atoms with Gasteiger partial charge < -0.3 is 14.2 Å². The van der Waals surface area contributed by atoms with Crippen LogP contribution in [0.3, 0.4) is 0 Å². The van der Waals surface area contributed by atoms with Crippen LogP contribution in [0.5, 0.6) is 0 Å². The van der Waals surface area contributed by atoms with E-state index in [1.165, 1.54) is 0 Å². The second kappa shape index (κ2) is 11.1. The zero-order chi connectivity index (χ0) is 24.2. The first-order valence-corrected chi connectivity index (χ1v) is 13.9. The van der Waals surface area contributed by atoms with E-state index < -0.39 is 0 Å². The molecule has 5 rings (SSSR count). The average molecular weight is 591 g/mol. The molecule has 0 unspecified atom stereocenters. The van der Waals surface area contributed by atoms with Gasteiger partial charge in [0.1, 0.15) is 0 Å². The van der Waals surface area contributed by atoms with Gasteiger partial charge in [-0.25, -0.2) is 0 Å². The fraction of sp³-hybridized carbons (Fsp3) is 0.333. The summed E-state index contributed by atoms with van der Waals surface area (Å²) in [5.41, 5.74) is 4.47. The van der Waals surface area contributed by atoms with E-state index >= 15 is 0 Å². The van der Waals surface area contributed by atoms with Crippen LogP contribution in [-0.2, 0) is 17.7 Å². The Morgan fingerprint density at radius 1 is 1.09 bits per heavy atom. The number of carbonyl (C=O) groups excluding carboxylic acids is 1. The number of methoxy groups -OCH3 is 1. The molecule has 0 radical (unpaired) electrons. The Morgan fingerprint density at radius 2 is 1.85 bits per heavy atom. The molecule has 0 saturated carbocycles. The molecule has 1 atom stereocenters. The molecule has 7 heteroatoms. The number of ether oxygens (including phenoxy) is 1. The number of rotatable bonds is 4. The predicted molar refractivity (Wildman–Crippen MR) is 146 cm³/mol. The Balaban J connectivity index is 0.00000133. The number of pyridine rings is 1. The predicted octanol–water partition coefficient (Wildman–Crippen LogP) is 5.69. The quantitative estimate of drug-likeness (QED) is 0.290. The number of nitrogens with zero attached hydrogens (tertiary/aromatic N) is 2. The van der Waals surface area contributed by atoms with Crippen LogP contribution >= 0.6 is 34.2 Å². The molecular formula is C27H28ClIN2O3. The van der Waals surface area contributed by atoms with Crippen molar-refractivity contribution in [2.45, 2.75) is 31.8 Å². The van der Waals surface area contributed by atoms with E-state index in [0.29, 0.717) is 41.5 Å². The molecule has 3 aromatic rings. The second-order valence-corrected chi connectivity index (χ2v) is 8.88. The summed E-state index contributed by atoms with van der Waals surface area (Å²) in [6.45, 7) is 1.73. The third-order valence-corrected chi connectivity index (χ3v) is 6.77. The molecule has 0 bridgehead atoms. The van der Waals surface area contributed by atoms with Gasteiger partial charge in [-0.2, -0.15) is 0 Å². The molecule has 0 aliphatic carbocycles. The molecule has 2 aliphatic rings. The lowest BCUT2D eigenvalue weighted by Crippen LogP contribution is -2.40. The Hall–Kier alpha value is -2.16. The third kappa shape index (κ3) is 4.68. The van der Waals surface area contributed by atoms with Crippen LogP contribution < -0.4 is 5.56 Å². The number of aryl methyl sites for hydroxylation is 1. The molecule has 0 N–H and O–H groups in total. The van der Waals surface area contributed by atoms with Crippen molar-refractivity contribution in [1.29, 1.82) is 0 Å². The highest BCUT2D eigenvalue weighted by molar-refractivity contribution is 14.1. The van der Waals surface area contributed by atoms with Crippen molar-refractivity contribution >= 4 is 40.1 Å². The molecule has 2 aliphatic heterocycles. The van der Waals surface area contributed by atoms with E-state index in [1.807, 2.05) is 58.4 Å². The van der Waals surface area contributed by atoms with E-state index in [1.54, 1.807) is 17.7 Å². The lowest BCUT2D eigenvalue weighted by molar-refractivity contribution is 0.0630. The largest absolute Gasteiger partial charge is 0.383 e. The number of hydrogen-bond acceptors (Lipinski definition) is 3. The van der Waals surface area contributed by atoms with E-state index in [-0.39, 0.29) is 17.5 Å². The van der Waals surface area contributed by atoms with Crippen LogP contribution in [0.2, 0.25) is 5.02 Å². The molecular weight excluding hydrogens is 563 g/mol. The minimum absolute atomic E-state index is 0.0441. The van der Waals surface area contributed by atoms with Crippen LogP contribution in [0.15, 0.2) is 59.4 Å². The first kappa shape index (κ1) is 24.9. The number of aromatic nitrogens is 1. The maximum absolute atomic E-state index is 13.9. The molecule has 1 amide bonds. The summed E-state index contributed by atoms with van der Waals surface area (Å²) in [5.74, 6) is -0.0571. The lowest BCUT2D eigenvalue weighted by atomic mass is 9.92. The number of fused-ring (bicyclic) bond motifs is 3. The van der Waals surface area contributed by atoms with Gasteiger partial charge in [0.25, 0.3) is 11.5 Å². The summed E-state index contributed by atoms with van der Waals surface area (Å²) in [7, 11) is 1.66. The van der Waals surface area contributed by atoms with Crippen molar-refractivity contribution in [3.05, 3.63) is 81.1 Å². The van der Waals surface area contributed by atoms with Crippen LogP contribution in [0.4, 0.5) is 0 Å². The van der Waals surface area contributed by atoms with Crippen LogP contribution in [0.25, 0.3) is 22.4 Å². The molecule has 2 aromatic carbocycles. The van der Waals surface area contributed by atoms with Gasteiger partial charge in [-0.15, -0.1) is 0 Å². The molecule has 178 valence electrons. The Kier molecular flexibility index (Phi) is 8.11. The summed E-state index contributed by atoms with van der Waals surface area (Å²) < 4.78 is 7.13. The van der Waals surface area contributed by atoms with E-state index in [9.17, 15) is 9.59 Å². The second-order valence-electron chi connectivity index (χ2n) is 8.44. The van der Waals surface area contributed by atoms with E-state index in [2.05, 4.69) is 22.6 Å². The highest BCUT2D eigenvalue weighted by Crippen LogP contribution is 2.36. The first-order chi connectivity index (χ1) is 16.6. The number of carbonyl (C=O) groups is 1. The molecule has 5 nitrogen and oxygen atoms in total. The number of hydrogen-bond donors (Lipinski definition) is 0. The number of likely N-dealkylation sites (tertiary alicyclic amines) is 1. The van der Waals surface area contributed by atoms with Gasteiger partial charge in [-0.05, 0) is 53.5 Å². The highest BCUT2D eigenvalue weighted by atomic mass is 127. The Bertz CT molecular complexity index is 1240. The summed E-state index contributed by atoms with van der Waals surface area (Å²) in [5, 5.41) is 0.591. The van der Waals surface area contributed by atoms with Gasteiger partial charge in [-0.3, -0.25) is 9.59 Å². The van der Waals surface area contributed by atoms with Gasteiger partial charge in [-0.1, -0.05) is 70.6 Å². The van der Waals surface area contributed by atoms with Crippen LogP contribution in [0, 0.1) is 0 Å². The average Bonchev–Trinajstić information content (AvgIpc) is 3.34. The summed E-state index contributed by atoms with van der Waals surface area (Å²) in [6.07, 6.45) is 2.59. The van der Waals surface area contributed by atoms with Gasteiger partial charge in [0.15, 0.2) is 0 Å². The molecule has 1 saturated heterocycles. The molecule has 1 aromatic heterocycles. The van der Waals surface area contributed by atoms with Crippen molar-refractivity contribution in [3.63, 3.8) is 0 Å². The summed E-state index contributed by atoms with van der Waals surface area (Å²) in [4.78, 5) is 31.3. The topological polar surface area (TPSA) is 51.5 Å². The van der Waals surface area contributed by atoms with Gasteiger partial charge in [0.05, 0.1) is 23.9 Å². The zero-order valence-electron chi connectivity index (χ0n) is 19.4. The Morgan fingerprint density at radius 3 is 2.59 bits per heavy atom. The van der Waals surface area contributed by atoms with Gasteiger partial charge in [0.2, 0.25) is 0 Å². The molecule has 0 spiro atoms. The van der Waals surface area contributed by atoms with Crippen LogP contribution in [0.1, 0.15) is 28.8 Å². The zero-order valence-corrected chi connectivity index (χ0v) is 22.3. The van der Waals surface area contributed by atoms with Crippen molar-refractivity contribution in [2.24, 2.45) is 0 Å². The maximum Gasteiger partial charge on any atom is 0.258 e. The fourth-order valence-electron chi connectivity index (χ4n) is 5.00. The number of halogens is 2. The van der Waals surface area contributed by atoms with Gasteiger partial charge in [0, 0.05) is 36.3 Å². The fourth-order valence-corrected chi connectivity index (χ4v) is 5.17. The number of benzene rings is 2. The van der Waals surface area contributed by atoms with Crippen molar-refractivity contribution < 1.29 is 9.53 Å². The highest BCUT2D eigenvalue weighted by Gasteiger charge is 2.33. The van der Waals surface area contributed by atoms with Crippen molar-refractivity contribution in [1.82, 2.24) is 9.47 Å². The first-order valence-electron chi connectivity index (χ1n) is 11.4. The minimum Gasteiger partial charge on any atom is -0.383 e. The normalized spacial score (nSPS) is 16.4. The summed E-state index contributed by atoms with van der Waals surface area (Å²) >= 11 is 8.48. The molecule has 34 heavy (non-hydrogen) atoms. The number of alkyl halides is 1. The van der Waals surface area contributed by atoms with Crippen LogP contribution in [-0.4, -0.2) is 46.6 Å². The van der Waals surface area contributed by atoms with Crippen molar-refractivity contribution in [2.75, 3.05) is 25.2 Å². The lowest BCUT2D eigenvalue weighted by Gasteiger charge is -2.29. The summed E-state index contributed by atoms with van der Waals surface area (Å²) in [6, 6.07) is 17.1. The standard InChI is InChI=1S/C26H25ClN2O3.CH3I/c1-32-16-20-8-5-12-28(20)26(31)23-15-22(17-6-3-2-4-7-17)25(30)29-13-11-18-9-10-19(27)14-21(18)24(23)29;1-2/h2-4,6-7,9-10,14-15,20H,5,8,11-13,16H2,1H3;1H3/t20-;/m1./s1. The minimum atomic E-state index is -0.0803. The van der Waals surface area contributed by atoms with E-state index in [4.69, 9.17) is 16.3 Å². The smallest absolute Gasteiger partial charge is 0.258 e. The Labute approximate surface area is 218 Å². The van der Waals surface area contributed by atoms with E-state index in [0.717, 1.165) is 36.0 Å². The maximum atomic E-state index is 13.9. The number of amides is 1. The van der Waals surface area contributed by atoms with Gasteiger partial charge >= 0.3 is 0 Å². The molecule has 1 fully saturated rings. The third-order valence-electron chi connectivity index (χ3n) is 6.53. The SMILES string of the molecule is CI.COC[C@H]1CCCN1C(=O)c1cc(-c2ccccc2)c(=O)n2c1-c1cc(Cl)ccc1CC2.